The predicted octanol–water partition coefficient (Wildman–Crippen LogP) is 2.33. The largest absolute Gasteiger partial charge is 0.491 e. The lowest BCUT2D eigenvalue weighted by molar-refractivity contribution is -0.116. The van der Waals surface area contributed by atoms with E-state index in [4.69, 9.17) is 9.47 Å². The van der Waals surface area contributed by atoms with Gasteiger partial charge in [-0.2, -0.15) is 0 Å². The summed E-state index contributed by atoms with van der Waals surface area (Å²) in [4.78, 5) is 14.2. The molecule has 1 aromatic rings. The number of nitrogens with one attached hydrogen (secondary N) is 1. The number of carbonyl (C=O) groups excluding carboxylic acids is 1. The summed E-state index contributed by atoms with van der Waals surface area (Å²) in [7, 11) is 0. The fraction of sp³-hybridized carbons (Fsp3) is 0.526. The minimum Gasteiger partial charge on any atom is -0.491 e. The third kappa shape index (κ3) is 7.15. The average Bonchev–Trinajstić information content (AvgIpc) is 2.58. The molecule has 5 heteroatoms. The van der Waals surface area contributed by atoms with E-state index in [2.05, 4.69) is 10.2 Å². The summed E-state index contributed by atoms with van der Waals surface area (Å²) >= 11 is 0. The van der Waals surface area contributed by atoms with E-state index in [0.717, 1.165) is 50.6 Å². The molecule has 1 heterocycles. The molecule has 0 aromatic heterocycles. The van der Waals surface area contributed by atoms with Crippen LogP contribution in [0.1, 0.15) is 25.8 Å². The molecule has 0 spiro atoms. The molecule has 0 aliphatic carbocycles. The van der Waals surface area contributed by atoms with Gasteiger partial charge < -0.3 is 14.8 Å². The van der Waals surface area contributed by atoms with Crippen LogP contribution in [0.15, 0.2) is 30.3 Å². The smallest absolute Gasteiger partial charge is 0.243 e. The Bertz CT molecular complexity index is 537. The third-order valence-electron chi connectivity index (χ3n) is 3.71. The van der Waals surface area contributed by atoms with Crippen molar-refractivity contribution in [2.24, 2.45) is 0 Å². The molecule has 1 saturated heterocycles. The van der Waals surface area contributed by atoms with Crippen LogP contribution >= 0.6 is 0 Å². The highest BCUT2D eigenvalue weighted by atomic mass is 16.5. The highest BCUT2D eigenvalue weighted by Gasteiger charge is 2.09. The minimum atomic E-state index is -0.0628. The Morgan fingerprint density at radius 2 is 2.17 bits per heavy atom. The van der Waals surface area contributed by atoms with Gasteiger partial charge in [0.25, 0.3) is 0 Å². The second-order valence-electron chi connectivity index (χ2n) is 6.17. The van der Waals surface area contributed by atoms with E-state index < -0.39 is 0 Å². The van der Waals surface area contributed by atoms with Gasteiger partial charge in [0, 0.05) is 25.7 Å². The topological polar surface area (TPSA) is 50.8 Å². The summed E-state index contributed by atoms with van der Waals surface area (Å²) in [5, 5.41) is 2.92. The number of rotatable bonds is 8. The first-order valence-corrected chi connectivity index (χ1v) is 8.66. The van der Waals surface area contributed by atoms with E-state index in [1.807, 2.05) is 44.2 Å². The Morgan fingerprint density at radius 3 is 2.92 bits per heavy atom. The summed E-state index contributed by atoms with van der Waals surface area (Å²) in [6.07, 6.45) is 4.48. The normalized spacial score (nSPS) is 15.8. The molecule has 1 aliphatic rings. The van der Waals surface area contributed by atoms with Crippen LogP contribution in [-0.2, 0) is 9.53 Å². The van der Waals surface area contributed by atoms with Gasteiger partial charge in [0.2, 0.25) is 5.91 Å². The maximum Gasteiger partial charge on any atom is 0.243 e. The first-order chi connectivity index (χ1) is 11.6. The molecule has 1 N–H and O–H groups in total. The molecule has 0 saturated carbocycles. The lowest BCUT2D eigenvalue weighted by atomic mass is 10.2. The van der Waals surface area contributed by atoms with Crippen LogP contribution < -0.4 is 10.1 Å². The molecule has 0 atom stereocenters. The zero-order chi connectivity index (χ0) is 17.2. The van der Waals surface area contributed by atoms with E-state index in [-0.39, 0.29) is 12.0 Å². The number of ether oxygens (including phenoxy) is 2. The molecule has 24 heavy (non-hydrogen) atoms. The van der Waals surface area contributed by atoms with Gasteiger partial charge in [0.05, 0.1) is 19.3 Å². The van der Waals surface area contributed by atoms with Gasteiger partial charge in [-0.3, -0.25) is 9.69 Å². The predicted molar refractivity (Wildman–Crippen MR) is 96.1 cm³/mol. The van der Waals surface area contributed by atoms with Gasteiger partial charge in [-0.25, -0.2) is 0 Å². The second-order valence-corrected chi connectivity index (χ2v) is 6.17. The molecule has 0 unspecified atom stereocenters. The molecule has 5 nitrogen and oxygen atoms in total. The Labute approximate surface area is 144 Å². The van der Waals surface area contributed by atoms with Crippen molar-refractivity contribution in [1.82, 2.24) is 10.2 Å². The number of benzene rings is 1. The Balaban J connectivity index is 1.68. The van der Waals surface area contributed by atoms with Crippen molar-refractivity contribution in [3.63, 3.8) is 0 Å². The molecule has 0 bridgehead atoms. The molecular weight excluding hydrogens is 304 g/mol. The van der Waals surface area contributed by atoms with Crippen molar-refractivity contribution in [2.75, 3.05) is 39.4 Å². The zero-order valence-electron chi connectivity index (χ0n) is 14.7. The van der Waals surface area contributed by atoms with Crippen LogP contribution in [0.5, 0.6) is 5.75 Å². The minimum absolute atomic E-state index is 0.0628. The summed E-state index contributed by atoms with van der Waals surface area (Å²) < 4.78 is 11.0. The Hall–Kier alpha value is -1.85. The summed E-state index contributed by atoms with van der Waals surface area (Å²) in [6, 6.07) is 7.73. The van der Waals surface area contributed by atoms with Crippen molar-refractivity contribution >= 4 is 12.0 Å². The molecule has 0 radical (unpaired) electrons. The quantitative estimate of drug-likeness (QED) is 0.586. The first-order valence-electron chi connectivity index (χ1n) is 8.66. The van der Waals surface area contributed by atoms with Crippen LogP contribution in [0, 0.1) is 0 Å². The van der Waals surface area contributed by atoms with Gasteiger partial charge >= 0.3 is 0 Å². The molecule has 1 amide bonds. The number of hydrogen-bond donors (Lipinski definition) is 1. The summed E-state index contributed by atoms with van der Waals surface area (Å²) in [5.74, 6) is 0.755. The zero-order valence-corrected chi connectivity index (χ0v) is 14.7. The van der Waals surface area contributed by atoms with Gasteiger partial charge in [-0.15, -0.1) is 0 Å². The first kappa shape index (κ1) is 18.5. The van der Waals surface area contributed by atoms with Gasteiger partial charge in [0.15, 0.2) is 0 Å². The summed E-state index contributed by atoms with van der Waals surface area (Å²) in [5.41, 5.74) is 0.955. The number of morpholine rings is 1. The monoisotopic (exact) mass is 332 g/mol. The van der Waals surface area contributed by atoms with Crippen LogP contribution in [-0.4, -0.2) is 56.3 Å². The van der Waals surface area contributed by atoms with Crippen LogP contribution in [0.25, 0.3) is 6.08 Å². The second kappa shape index (κ2) is 10.1. The lowest BCUT2D eigenvalue weighted by Gasteiger charge is -2.26. The van der Waals surface area contributed by atoms with E-state index in [9.17, 15) is 4.79 Å². The number of amides is 1. The molecule has 2 rings (SSSR count). The van der Waals surface area contributed by atoms with E-state index in [0.29, 0.717) is 6.54 Å². The standard InChI is InChI=1S/C19H28N2O3/c1-16(2)24-18-6-3-5-17(15-18)7-8-19(22)20-9-4-10-21-11-13-23-14-12-21/h3,5-8,15-16H,4,9-14H2,1-2H3,(H,20,22)/b8-7+. The van der Waals surface area contributed by atoms with E-state index in [1.54, 1.807) is 6.08 Å². The number of hydrogen-bond acceptors (Lipinski definition) is 4. The Kier molecular flexibility index (Phi) is 7.79. The highest BCUT2D eigenvalue weighted by molar-refractivity contribution is 5.91. The average molecular weight is 332 g/mol. The van der Waals surface area contributed by atoms with Crippen molar-refractivity contribution in [3.05, 3.63) is 35.9 Å². The number of carbonyl (C=O) groups is 1. The summed E-state index contributed by atoms with van der Waals surface area (Å²) in [6.45, 7) is 9.29. The molecular formula is C19H28N2O3. The molecule has 1 aromatic carbocycles. The van der Waals surface area contributed by atoms with Crippen LogP contribution in [0.3, 0.4) is 0 Å². The molecule has 1 fully saturated rings. The lowest BCUT2D eigenvalue weighted by Crippen LogP contribution is -2.38. The fourth-order valence-electron chi connectivity index (χ4n) is 2.53. The Morgan fingerprint density at radius 1 is 1.38 bits per heavy atom. The SMILES string of the molecule is CC(C)Oc1cccc(/C=C/C(=O)NCCCN2CCOCC2)c1. The third-order valence-corrected chi connectivity index (χ3v) is 3.71. The van der Waals surface area contributed by atoms with E-state index >= 15 is 0 Å². The van der Waals surface area contributed by atoms with E-state index in [1.165, 1.54) is 0 Å². The van der Waals surface area contributed by atoms with Gasteiger partial charge in [-0.05, 0) is 50.6 Å². The van der Waals surface area contributed by atoms with Crippen molar-refractivity contribution in [3.8, 4) is 5.75 Å². The number of nitrogens with zero attached hydrogens (tertiary/aromatic N) is 1. The van der Waals surface area contributed by atoms with Crippen LogP contribution in [0.4, 0.5) is 0 Å². The van der Waals surface area contributed by atoms with Crippen molar-refractivity contribution in [2.45, 2.75) is 26.4 Å². The van der Waals surface area contributed by atoms with Crippen molar-refractivity contribution < 1.29 is 14.3 Å². The molecule has 1 aliphatic heterocycles. The van der Waals surface area contributed by atoms with Gasteiger partial charge in [-0.1, -0.05) is 12.1 Å². The molecule has 132 valence electrons. The van der Waals surface area contributed by atoms with Crippen LogP contribution in [0.2, 0.25) is 0 Å². The highest BCUT2D eigenvalue weighted by Crippen LogP contribution is 2.15. The van der Waals surface area contributed by atoms with Crippen molar-refractivity contribution in [1.29, 1.82) is 0 Å². The maximum atomic E-state index is 11.9. The fourth-order valence-corrected chi connectivity index (χ4v) is 2.53. The maximum absolute atomic E-state index is 11.9. The van der Waals surface area contributed by atoms with Gasteiger partial charge in [0.1, 0.15) is 5.75 Å².